The molecule has 2 aromatic carbocycles. The van der Waals surface area contributed by atoms with E-state index in [1.807, 2.05) is 0 Å². The number of rotatable bonds is 7. The number of alkyl halides is 6. The van der Waals surface area contributed by atoms with Gasteiger partial charge in [0.05, 0.1) is 22.6 Å². The van der Waals surface area contributed by atoms with Crippen molar-refractivity contribution < 1.29 is 35.3 Å². The smallest absolute Gasteiger partial charge is 0.417 e. The SMILES string of the molecule is FC(F)(F)CCCSOc1cccc(Oc2cccc(C(F)(F)F)c2Cl)c1. The first-order valence-corrected chi connectivity index (χ1v) is 8.85. The van der Waals surface area contributed by atoms with Gasteiger partial charge in [0.2, 0.25) is 0 Å². The van der Waals surface area contributed by atoms with Crippen LogP contribution in [0.1, 0.15) is 18.4 Å². The number of halogens is 7. The summed E-state index contributed by atoms with van der Waals surface area (Å²) >= 11 is 6.61. The van der Waals surface area contributed by atoms with Gasteiger partial charge in [0, 0.05) is 18.2 Å². The van der Waals surface area contributed by atoms with Crippen molar-refractivity contribution in [3.05, 3.63) is 53.1 Å². The summed E-state index contributed by atoms with van der Waals surface area (Å²) in [5.41, 5.74) is -1.02. The van der Waals surface area contributed by atoms with Crippen LogP contribution in [0.4, 0.5) is 26.3 Å². The van der Waals surface area contributed by atoms with Gasteiger partial charge in [-0.2, -0.15) is 26.3 Å². The van der Waals surface area contributed by atoms with Crippen molar-refractivity contribution in [2.24, 2.45) is 0 Å². The van der Waals surface area contributed by atoms with Gasteiger partial charge in [0.1, 0.15) is 17.2 Å². The van der Waals surface area contributed by atoms with Crippen LogP contribution < -0.4 is 8.92 Å². The van der Waals surface area contributed by atoms with Gasteiger partial charge in [0.25, 0.3) is 0 Å². The molecule has 0 N–H and O–H groups in total. The van der Waals surface area contributed by atoms with Crippen molar-refractivity contribution in [2.75, 3.05) is 5.75 Å². The van der Waals surface area contributed by atoms with Crippen LogP contribution in [-0.4, -0.2) is 11.9 Å². The van der Waals surface area contributed by atoms with Crippen LogP contribution >= 0.6 is 23.6 Å². The van der Waals surface area contributed by atoms with Gasteiger partial charge in [0.15, 0.2) is 0 Å². The topological polar surface area (TPSA) is 18.5 Å². The van der Waals surface area contributed by atoms with E-state index in [0.717, 1.165) is 18.1 Å². The standard InChI is InChI=1S/C17H13ClF6O2S/c18-15-13(17(22,23)24)6-2-7-14(15)25-11-4-1-5-12(10-11)26-27-9-3-8-16(19,20)21/h1-2,4-7,10H,3,8-9H2. The second-order valence-corrected chi connectivity index (χ2v) is 6.50. The van der Waals surface area contributed by atoms with Crippen LogP contribution in [0.3, 0.4) is 0 Å². The van der Waals surface area contributed by atoms with E-state index < -0.39 is 29.4 Å². The highest BCUT2D eigenvalue weighted by Gasteiger charge is 2.34. The molecule has 0 atom stereocenters. The Kier molecular flexibility index (Phi) is 7.16. The molecule has 148 valence electrons. The van der Waals surface area contributed by atoms with E-state index in [-0.39, 0.29) is 29.4 Å². The quantitative estimate of drug-likeness (QED) is 0.257. The van der Waals surface area contributed by atoms with Crippen molar-refractivity contribution in [3.8, 4) is 17.2 Å². The second kappa shape index (κ2) is 8.97. The summed E-state index contributed by atoms with van der Waals surface area (Å²) in [6, 6.07) is 9.25. The minimum Gasteiger partial charge on any atom is -0.456 e. The molecule has 0 radical (unpaired) electrons. The molecule has 0 aliphatic heterocycles. The lowest BCUT2D eigenvalue weighted by Crippen LogP contribution is -2.07. The Labute approximate surface area is 160 Å². The Bertz CT molecular complexity index is 764. The highest BCUT2D eigenvalue weighted by molar-refractivity contribution is 7.95. The highest BCUT2D eigenvalue weighted by Crippen LogP contribution is 2.41. The molecule has 2 aromatic rings. The van der Waals surface area contributed by atoms with E-state index in [4.69, 9.17) is 20.5 Å². The lowest BCUT2D eigenvalue weighted by molar-refractivity contribution is -0.137. The average Bonchev–Trinajstić information content (AvgIpc) is 2.55. The van der Waals surface area contributed by atoms with E-state index in [0.29, 0.717) is 0 Å². The lowest BCUT2D eigenvalue weighted by Gasteiger charge is -2.13. The monoisotopic (exact) mass is 430 g/mol. The maximum Gasteiger partial charge on any atom is 0.417 e. The molecule has 0 unspecified atom stereocenters. The van der Waals surface area contributed by atoms with Crippen LogP contribution in [0.25, 0.3) is 0 Å². The summed E-state index contributed by atoms with van der Waals surface area (Å²) < 4.78 is 85.4. The minimum atomic E-state index is -4.62. The Hall–Kier alpha value is -1.74. The molecule has 0 aliphatic rings. The Balaban J connectivity index is 1.98. The van der Waals surface area contributed by atoms with E-state index in [2.05, 4.69) is 0 Å². The summed E-state index contributed by atoms with van der Waals surface area (Å²) in [5, 5.41) is -0.571. The third-order valence-electron chi connectivity index (χ3n) is 3.15. The summed E-state index contributed by atoms with van der Waals surface area (Å²) in [5.74, 6) is 0.406. The zero-order valence-electron chi connectivity index (χ0n) is 13.5. The normalized spacial score (nSPS) is 12.1. The van der Waals surface area contributed by atoms with Crippen molar-refractivity contribution in [3.63, 3.8) is 0 Å². The van der Waals surface area contributed by atoms with E-state index in [1.54, 1.807) is 0 Å². The van der Waals surface area contributed by atoms with Crippen molar-refractivity contribution in [1.29, 1.82) is 0 Å². The van der Waals surface area contributed by atoms with Gasteiger partial charge >= 0.3 is 12.4 Å². The van der Waals surface area contributed by atoms with Crippen molar-refractivity contribution >= 4 is 23.6 Å². The Morgan fingerprint density at radius 2 is 1.59 bits per heavy atom. The fourth-order valence-corrected chi connectivity index (χ4v) is 2.82. The third-order valence-corrected chi connectivity index (χ3v) is 4.30. The number of hydrogen-bond donors (Lipinski definition) is 0. The molecule has 0 heterocycles. The van der Waals surface area contributed by atoms with Gasteiger partial charge in [-0.3, -0.25) is 0 Å². The van der Waals surface area contributed by atoms with E-state index >= 15 is 0 Å². The summed E-state index contributed by atoms with van der Waals surface area (Å²) in [7, 11) is 0. The first-order chi connectivity index (χ1) is 12.6. The fourth-order valence-electron chi connectivity index (χ4n) is 1.97. The molecule has 2 rings (SSSR count). The summed E-state index contributed by atoms with van der Waals surface area (Å²) in [4.78, 5) is 0. The third kappa shape index (κ3) is 7.06. The van der Waals surface area contributed by atoms with Gasteiger partial charge in [-0.05, 0) is 30.7 Å². The molecule has 27 heavy (non-hydrogen) atoms. The average molecular weight is 431 g/mol. The van der Waals surface area contributed by atoms with Gasteiger partial charge in [-0.25, -0.2) is 0 Å². The molecule has 0 bridgehead atoms. The molecular formula is C17H13ClF6O2S. The lowest BCUT2D eigenvalue weighted by atomic mass is 10.2. The van der Waals surface area contributed by atoms with E-state index in [9.17, 15) is 26.3 Å². The maximum atomic E-state index is 12.9. The first kappa shape index (κ1) is 21.6. The largest absolute Gasteiger partial charge is 0.456 e. The van der Waals surface area contributed by atoms with Gasteiger partial charge < -0.3 is 8.92 Å². The van der Waals surface area contributed by atoms with Crippen LogP contribution in [0, 0.1) is 0 Å². The molecule has 0 saturated heterocycles. The maximum absolute atomic E-state index is 12.9. The molecule has 0 aromatic heterocycles. The summed E-state index contributed by atoms with van der Waals surface area (Å²) in [6.07, 6.45) is -9.82. The molecule has 2 nitrogen and oxygen atoms in total. The Morgan fingerprint density at radius 1 is 0.926 bits per heavy atom. The zero-order chi connectivity index (χ0) is 20.1. The molecule has 0 saturated carbocycles. The van der Waals surface area contributed by atoms with Crippen molar-refractivity contribution in [2.45, 2.75) is 25.2 Å². The van der Waals surface area contributed by atoms with Gasteiger partial charge in [-0.1, -0.05) is 23.7 Å². The number of hydrogen-bond acceptors (Lipinski definition) is 3. The molecule has 0 spiro atoms. The molecule has 0 fully saturated rings. The predicted molar refractivity (Wildman–Crippen MR) is 91.3 cm³/mol. The van der Waals surface area contributed by atoms with Gasteiger partial charge in [-0.15, -0.1) is 0 Å². The van der Waals surface area contributed by atoms with Crippen molar-refractivity contribution in [1.82, 2.24) is 0 Å². The Morgan fingerprint density at radius 3 is 2.26 bits per heavy atom. The highest BCUT2D eigenvalue weighted by atomic mass is 35.5. The minimum absolute atomic E-state index is 0.0931. The van der Waals surface area contributed by atoms with Crippen LogP contribution in [0.15, 0.2) is 42.5 Å². The summed E-state index contributed by atoms with van der Waals surface area (Å²) in [6.45, 7) is 0. The number of benzene rings is 2. The first-order valence-electron chi connectivity index (χ1n) is 7.56. The van der Waals surface area contributed by atoms with Crippen LogP contribution in [-0.2, 0) is 6.18 Å². The second-order valence-electron chi connectivity index (χ2n) is 5.32. The molecule has 0 amide bonds. The van der Waals surface area contributed by atoms with Crippen LogP contribution in [0.2, 0.25) is 5.02 Å². The predicted octanol–water partition coefficient (Wildman–Crippen LogP) is 7.52. The zero-order valence-corrected chi connectivity index (χ0v) is 15.1. The molecule has 0 aliphatic carbocycles. The van der Waals surface area contributed by atoms with Crippen LogP contribution in [0.5, 0.6) is 17.2 Å². The van der Waals surface area contributed by atoms with E-state index in [1.165, 1.54) is 36.4 Å². The molecular weight excluding hydrogens is 418 g/mol. The fraction of sp³-hybridized carbons (Fsp3) is 0.294. The number of ether oxygens (including phenoxy) is 1. The molecule has 10 heteroatoms.